The molecule has 2 N–H and O–H groups in total. The molecule has 0 saturated carbocycles. The number of carboxylic acid groups (broad SMARTS) is 1. The van der Waals surface area contributed by atoms with E-state index in [2.05, 4.69) is 0 Å². The number of carbonyl (C=O) groups is 1. The molecule has 2 rings (SSSR count). The summed E-state index contributed by atoms with van der Waals surface area (Å²) >= 11 is 0. The van der Waals surface area contributed by atoms with Crippen LogP contribution in [0, 0.1) is 6.92 Å². The smallest absolute Gasteiger partial charge is 0.311 e. The number of aliphatic carboxylic acids is 1. The lowest BCUT2D eigenvalue weighted by Crippen LogP contribution is -2.15. The van der Waals surface area contributed by atoms with Gasteiger partial charge in [-0.25, -0.2) is 0 Å². The van der Waals surface area contributed by atoms with Gasteiger partial charge in [-0.15, -0.1) is 0 Å². The van der Waals surface area contributed by atoms with Crippen LogP contribution in [0.2, 0.25) is 0 Å². The molecule has 2 aromatic rings. The highest BCUT2D eigenvalue weighted by Gasteiger charge is 2.23. The van der Waals surface area contributed by atoms with E-state index < -0.39 is 11.9 Å². The maximum atomic E-state index is 11.8. The maximum Gasteiger partial charge on any atom is 0.311 e. The summed E-state index contributed by atoms with van der Waals surface area (Å²) in [5.41, 5.74) is 2.35. The molecule has 1 atom stereocenters. The van der Waals surface area contributed by atoms with Crippen LogP contribution in [-0.4, -0.2) is 29.9 Å². The van der Waals surface area contributed by atoms with Crippen molar-refractivity contribution in [3.63, 3.8) is 0 Å². The minimum Gasteiger partial charge on any atom is -0.504 e. The molecular weight excluding hydrogens is 320 g/mol. The second-order valence-electron chi connectivity index (χ2n) is 5.97. The van der Waals surface area contributed by atoms with Crippen molar-refractivity contribution in [2.24, 2.45) is 0 Å². The number of aryl methyl sites for hydroxylation is 1. The predicted octanol–water partition coefficient (Wildman–Crippen LogP) is 3.91. The van der Waals surface area contributed by atoms with E-state index >= 15 is 0 Å². The van der Waals surface area contributed by atoms with Crippen LogP contribution in [0.15, 0.2) is 36.4 Å². The lowest BCUT2D eigenvalue weighted by molar-refractivity contribution is -0.138. The van der Waals surface area contributed by atoms with Gasteiger partial charge in [0.25, 0.3) is 0 Å². The second kappa shape index (κ2) is 8.42. The second-order valence-corrected chi connectivity index (χ2v) is 5.97. The van der Waals surface area contributed by atoms with E-state index in [1.165, 1.54) is 7.11 Å². The van der Waals surface area contributed by atoms with Gasteiger partial charge in [0.15, 0.2) is 11.5 Å². The van der Waals surface area contributed by atoms with Gasteiger partial charge in [0.05, 0.1) is 19.6 Å². The van der Waals surface area contributed by atoms with Gasteiger partial charge < -0.3 is 19.7 Å². The molecule has 0 radical (unpaired) electrons. The first-order chi connectivity index (χ1) is 12.0. The Balaban J connectivity index is 2.26. The highest BCUT2D eigenvalue weighted by molar-refractivity contribution is 5.77. The van der Waals surface area contributed by atoms with Gasteiger partial charge in [-0.05, 0) is 60.7 Å². The number of phenolic OH excluding ortho intramolecular Hbond substituents is 1. The van der Waals surface area contributed by atoms with Crippen LogP contribution in [0.4, 0.5) is 0 Å². The normalized spacial score (nSPS) is 11.8. The van der Waals surface area contributed by atoms with E-state index in [0.717, 1.165) is 28.9 Å². The maximum absolute atomic E-state index is 11.8. The lowest BCUT2D eigenvalue weighted by Gasteiger charge is -2.17. The number of hydrogen-bond donors (Lipinski definition) is 2. The number of carboxylic acids is 1. The molecule has 2 aromatic carbocycles. The highest BCUT2D eigenvalue weighted by Crippen LogP contribution is 2.31. The monoisotopic (exact) mass is 344 g/mol. The fourth-order valence-corrected chi connectivity index (χ4v) is 2.78. The largest absolute Gasteiger partial charge is 0.504 e. The molecule has 0 heterocycles. The Bertz CT molecular complexity index is 739. The van der Waals surface area contributed by atoms with Gasteiger partial charge >= 0.3 is 5.97 Å². The van der Waals surface area contributed by atoms with Gasteiger partial charge in [-0.2, -0.15) is 0 Å². The molecule has 0 saturated heterocycles. The van der Waals surface area contributed by atoms with Crippen LogP contribution < -0.4 is 9.47 Å². The van der Waals surface area contributed by atoms with Crippen LogP contribution in [-0.2, 0) is 11.2 Å². The molecule has 0 aromatic heterocycles. The Hall–Kier alpha value is -2.69. The number of methoxy groups -OCH3 is 1. The first kappa shape index (κ1) is 18.6. The van der Waals surface area contributed by atoms with Crippen molar-refractivity contribution >= 4 is 5.97 Å². The number of benzene rings is 2. The predicted molar refractivity (Wildman–Crippen MR) is 95.7 cm³/mol. The summed E-state index contributed by atoms with van der Waals surface area (Å²) in [6.07, 6.45) is 1.20. The summed E-state index contributed by atoms with van der Waals surface area (Å²) in [6.45, 7) is 4.55. The average Bonchev–Trinajstić information content (AvgIpc) is 2.58. The average molecular weight is 344 g/mol. The number of phenols is 1. The van der Waals surface area contributed by atoms with E-state index in [1.807, 2.05) is 26.0 Å². The van der Waals surface area contributed by atoms with Crippen molar-refractivity contribution in [1.29, 1.82) is 0 Å². The molecule has 25 heavy (non-hydrogen) atoms. The first-order valence-corrected chi connectivity index (χ1v) is 8.28. The molecule has 5 heteroatoms. The molecule has 134 valence electrons. The Morgan fingerprint density at radius 1 is 1.20 bits per heavy atom. The molecule has 0 aliphatic carbocycles. The molecule has 1 unspecified atom stereocenters. The fourth-order valence-electron chi connectivity index (χ4n) is 2.78. The molecule has 0 aliphatic heterocycles. The summed E-state index contributed by atoms with van der Waals surface area (Å²) in [6, 6.07) is 10.4. The van der Waals surface area contributed by atoms with Gasteiger partial charge in [0.2, 0.25) is 0 Å². The molecule has 0 spiro atoms. The van der Waals surface area contributed by atoms with Gasteiger partial charge in [0, 0.05) is 0 Å². The summed E-state index contributed by atoms with van der Waals surface area (Å²) in [4.78, 5) is 11.8. The zero-order valence-corrected chi connectivity index (χ0v) is 14.8. The van der Waals surface area contributed by atoms with E-state index in [4.69, 9.17) is 9.47 Å². The molecular formula is C20H24O5. The summed E-state index contributed by atoms with van der Waals surface area (Å²) in [5.74, 6) is -0.489. The zero-order valence-electron chi connectivity index (χ0n) is 14.8. The van der Waals surface area contributed by atoms with Gasteiger partial charge in [-0.1, -0.05) is 19.1 Å². The van der Waals surface area contributed by atoms with Crippen LogP contribution in [0.25, 0.3) is 0 Å². The van der Waals surface area contributed by atoms with E-state index in [-0.39, 0.29) is 12.2 Å². The minimum atomic E-state index is -0.902. The molecule has 0 aliphatic rings. The zero-order chi connectivity index (χ0) is 18.4. The third kappa shape index (κ3) is 4.66. The topological polar surface area (TPSA) is 76.0 Å². The Morgan fingerprint density at radius 3 is 2.52 bits per heavy atom. The van der Waals surface area contributed by atoms with Crippen LogP contribution in [0.5, 0.6) is 17.2 Å². The number of hydrogen-bond acceptors (Lipinski definition) is 4. The van der Waals surface area contributed by atoms with Crippen molar-refractivity contribution in [3.05, 3.63) is 53.1 Å². The third-order valence-electron chi connectivity index (χ3n) is 4.07. The molecule has 0 bridgehead atoms. The Labute approximate surface area is 147 Å². The fraction of sp³-hybridized carbons (Fsp3) is 0.350. The number of aromatic hydroxyl groups is 1. The number of ether oxygens (including phenoxy) is 2. The van der Waals surface area contributed by atoms with Crippen molar-refractivity contribution in [3.8, 4) is 17.2 Å². The summed E-state index contributed by atoms with van der Waals surface area (Å²) in [7, 11) is 1.47. The minimum absolute atomic E-state index is 0.00387. The van der Waals surface area contributed by atoms with Crippen LogP contribution >= 0.6 is 0 Å². The van der Waals surface area contributed by atoms with Crippen molar-refractivity contribution in [2.45, 2.75) is 32.6 Å². The van der Waals surface area contributed by atoms with Crippen molar-refractivity contribution in [1.82, 2.24) is 0 Å². The van der Waals surface area contributed by atoms with E-state index in [0.29, 0.717) is 12.4 Å². The van der Waals surface area contributed by atoms with Crippen LogP contribution in [0.1, 0.15) is 36.0 Å². The number of rotatable bonds is 8. The highest BCUT2D eigenvalue weighted by atomic mass is 16.5. The lowest BCUT2D eigenvalue weighted by atomic mass is 9.89. The SMILES string of the molecule is CCCOc1ccc(C(Cc2ccc(OC)c(O)c2)C(=O)O)c(C)c1. The Morgan fingerprint density at radius 2 is 1.96 bits per heavy atom. The van der Waals surface area contributed by atoms with Crippen molar-refractivity contribution in [2.75, 3.05) is 13.7 Å². The standard InChI is InChI=1S/C20H24O5/c1-4-9-25-15-6-7-16(13(2)10-15)17(20(22)23)11-14-5-8-19(24-3)18(21)12-14/h5-8,10,12,17,21H,4,9,11H2,1-3H3,(H,22,23). The van der Waals surface area contributed by atoms with E-state index in [1.54, 1.807) is 24.3 Å². The quantitative estimate of drug-likeness (QED) is 0.759. The Kier molecular flexibility index (Phi) is 6.28. The van der Waals surface area contributed by atoms with Gasteiger partial charge in [0.1, 0.15) is 5.75 Å². The summed E-state index contributed by atoms with van der Waals surface area (Å²) < 4.78 is 10.6. The molecule has 0 amide bonds. The third-order valence-corrected chi connectivity index (χ3v) is 4.07. The molecule has 5 nitrogen and oxygen atoms in total. The van der Waals surface area contributed by atoms with Gasteiger partial charge in [-0.3, -0.25) is 4.79 Å². The van der Waals surface area contributed by atoms with Crippen molar-refractivity contribution < 1.29 is 24.5 Å². The summed E-state index contributed by atoms with van der Waals surface area (Å²) in [5, 5.41) is 19.6. The van der Waals surface area contributed by atoms with E-state index in [9.17, 15) is 15.0 Å². The van der Waals surface area contributed by atoms with Crippen LogP contribution in [0.3, 0.4) is 0 Å². The first-order valence-electron chi connectivity index (χ1n) is 8.28. The molecule has 0 fully saturated rings.